The summed E-state index contributed by atoms with van der Waals surface area (Å²) in [6.07, 6.45) is 0.722. The second-order valence-electron chi connectivity index (χ2n) is 9.69. The van der Waals surface area contributed by atoms with Crippen molar-refractivity contribution < 1.29 is 22.4 Å². The van der Waals surface area contributed by atoms with Crippen LogP contribution in [0.3, 0.4) is 0 Å². The van der Waals surface area contributed by atoms with Crippen LogP contribution in [0.5, 0.6) is 0 Å². The summed E-state index contributed by atoms with van der Waals surface area (Å²) in [5, 5.41) is 2.80. The maximum atomic E-state index is 13.8. The lowest BCUT2D eigenvalue weighted by molar-refractivity contribution is -0.139. The highest BCUT2D eigenvalue weighted by Crippen LogP contribution is 2.26. The Morgan fingerprint density at radius 2 is 1.51 bits per heavy atom. The number of benzene rings is 3. The Morgan fingerprint density at radius 3 is 2.08 bits per heavy atom. The molecule has 0 saturated carbocycles. The van der Waals surface area contributed by atoms with Crippen LogP contribution >= 0.6 is 0 Å². The Labute approximate surface area is 230 Å². The van der Waals surface area contributed by atoms with E-state index >= 15 is 0 Å². The largest absolute Gasteiger partial charge is 0.354 e. The lowest BCUT2D eigenvalue weighted by atomic mass is 10.0. The minimum Gasteiger partial charge on any atom is -0.354 e. The molecular formula is C30H36FN3O4S. The first kappa shape index (κ1) is 29.8. The van der Waals surface area contributed by atoms with Crippen LogP contribution in [-0.2, 0) is 26.2 Å². The van der Waals surface area contributed by atoms with E-state index in [4.69, 9.17) is 0 Å². The average Bonchev–Trinajstić information content (AvgIpc) is 2.94. The van der Waals surface area contributed by atoms with E-state index in [-0.39, 0.29) is 23.3 Å². The third-order valence-electron chi connectivity index (χ3n) is 6.44. The van der Waals surface area contributed by atoms with E-state index in [1.165, 1.54) is 41.3 Å². The highest BCUT2D eigenvalue weighted by molar-refractivity contribution is 7.92. The van der Waals surface area contributed by atoms with Crippen molar-refractivity contribution in [3.63, 3.8) is 0 Å². The molecule has 0 aliphatic heterocycles. The molecule has 0 spiro atoms. The van der Waals surface area contributed by atoms with E-state index in [0.717, 1.165) is 16.3 Å². The Balaban J connectivity index is 2.01. The topological polar surface area (TPSA) is 86.8 Å². The number of hydrogen-bond donors (Lipinski definition) is 1. The summed E-state index contributed by atoms with van der Waals surface area (Å²) >= 11 is 0. The normalized spacial score (nSPS) is 12.2. The first-order valence-corrected chi connectivity index (χ1v) is 14.5. The molecule has 208 valence electrons. The van der Waals surface area contributed by atoms with E-state index in [1.54, 1.807) is 37.3 Å². The summed E-state index contributed by atoms with van der Waals surface area (Å²) in [5.74, 6) is -1.10. The molecular weight excluding hydrogens is 517 g/mol. The Hall–Kier alpha value is -3.72. The number of sulfonamides is 1. The van der Waals surface area contributed by atoms with Crippen molar-refractivity contribution in [1.82, 2.24) is 10.2 Å². The first-order chi connectivity index (χ1) is 18.5. The summed E-state index contributed by atoms with van der Waals surface area (Å²) in [6, 6.07) is 19.7. The minimum atomic E-state index is -4.12. The van der Waals surface area contributed by atoms with Crippen molar-refractivity contribution in [1.29, 1.82) is 0 Å². The number of rotatable bonds is 12. The highest BCUT2D eigenvalue weighted by atomic mass is 32.2. The molecule has 3 rings (SSSR count). The second kappa shape index (κ2) is 13.4. The van der Waals surface area contributed by atoms with Gasteiger partial charge in [0.05, 0.1) is 10.6 Å². The maximum absolute atomic E-state index is 13.8. The fourth-order valence-corrected chi connectivity index (χ4v) is 5.47. The molecule has 0 bridgehead atoms. The molecule has 1 N–H and O–H groups in total. The molecule has 1 atom stereocenters. The van der Waals surface area contributed by atoms with Gasteiger partial charge in [-0.25, -0.2) is 12.8 Å². The smallest absolute Gasteiger partial charge is 0.264 e. The Bertz CT molecular complexity index is 1350. The van der Waals surface area contributed by atoms with Crippen LogP contribution in [0.2, 0.25) is 0 Å². The van der Waals surface area contributed by atoms with Crippen LogP contribution < -0.4 is 9.62 Å². The van der Waals surface area contributed by atoms with E-state index < -0.39 is 34.3 Å². The van der Waals surface area contributed by atoms with Gasteiger partial charge in [0, 0.05) is 13.1 Å². The number of carbonyl (C=O) groups is 2. The second-order valence-corrected chi connectivity index (χ2v) is 11.5. The number of halogens is 1. The number of anilines is 1. The monoisotopic (exact) mass is 553 g/mol. The van der Waals surface area contributed by atoms with E-state index in [2.05, 4.69) is 5.32 Å². The fraction of sp³-hybridized carbons (Fsp3) is 0.333. The summed E-state index contributed by atoms with van der Waals surface area (Å²) in [6.45, 7) is 7.52. The molecule has 0 aliphatic carbocycles. The fourth-order valence-electron chi connectivity index (χ4n) is 4.04. The number of nitrogens with zero attached hydrogens (tertiary/aromatic N) is 2. The lowest BCUT2D eigenvalue weighted by Crippen LogP contribution is -2.51. The van der Waals surface area contributed by atoms with Gasteiger partial charge in [-0.05, 0) is 66.8 Å². The molecule has 0 radical (unpaired) electrons. The Kier molecular flexibility index (Phi) is 10.2. The van der Waals surface area contributed by atoms with Crippen molar-refractivity contribution in [2.24, 2.45) is 0 Å². The first-order valence-electron chi connectivity index (χ1n) is 13.0. The number of nitrogens with one attached hydrogen (secondary N) is 1. The van der Waals surface area contributed by atoms with Crippen molar-refractivity contribution >= 4 is 27.5 Å². The van der Waals surface area contributed by atoms with Gasteiger partial charge in [-0.3, -0.25) is 13.9 Å². The van der Waals surface area contributed by atoms with Crippen molar-refractivity contribution in [2.45, 2.75) is 57.5 Å². The average molecular weight is 554 g/mol. The molecule has 0 unspecified atom stereocenters. The molecule has 0 aliphatic rings. The Morgan fingerprint density at radius 1 is 0.897 bits per heavy atom. The maximum Gasteiger partial charge on any atom is 0.264 e. The van der Waals surface area contributed by atoms with Crippen LogP contribution in [0.4, 0.5) is 10.1 Å². The number of carbonyl (C=O) groups excluding carboxylic acids is 2. The van der Waals surface area contributed by atoms with Gasteiger partial charge in [0.2, 0.25) is 11.8 Å². The summed E-state index contributed by atoms with van der Waals surface area (Å²) < 4.78 is 42.2. The summed E-state index contributed by atoms with van der Waals surface area (Å²) in [7, 11) is -4.12. The summed E-state index contributed by atoms with van der Waals surface area (Å²) in [5.41, 5.74) is 1.97. The third-order valence-corrected chi connectivity index (χ3v) is 8.23. The van der Waals surface area contributed by atoms with Crippen molar-refractivity contribution in [2.75, 3.05) is 17.4 Å². The van der Waals surface area contributed by atoms with Gasteiger partial charge in [0.25, 0.3) is 10.0 Å². The number of amides is 2. The van der Waals surface area contributed by atoms with E-state index in [0.29, 0.717) is 17.8 Å². The van der Waals surface area contributed by atoms with Crippen molar-refractivity contribution in [3.05, 3.63) is 95.8 Å². The van der Waals surface area contributed by atoms with Gasteiger partial charge in [0.15, 0.2) is 0 Å². The molecule has 0 fully saturated rings. The van der Waals surface area contributed by atoms with Crippen LogP contribution in [0.25, 0.3) is 0 Å². The molecule has 9 heteroatoms. The van der Waals surface area contributed by atoms with Gasteiger partial charge in [-0.2, -0.15) is 0 Å². The van der Waals surface area contributed by atoms with Crippen LogP contribution in [0, 0.1) is 5.82 Å². The van der Waals surface area contributed by atoms with Crippen LogP contribution in [-0.4, -0.2) is 44.3 Å². The zero-order valence-electron chi connectivity index (χ0n) is 22.8. The molecule has 0 saturated heterocycles. The van der Waals surface area contributed by atoms with E-state index in [9.17, 15) is 22.4 Å². The van der Waals surface area contributed by atoms with Crippen LogP contribution in [0.15, 0.2) is 83.8 Å². The summed E-state index contributed by atoms with van der Waals surface area (Å²) in [4.78, 5) is 28.1. The van der Waals surface area contributed by atoms with Gasteiger partial charge < -0.3 is 10.2 Å². The van der Waals surface area contributed by atoms with Gasteiger partial charge in [-0.15, -0.1) is 0 Å². The zero-order valence-corrected chi connectivity index (χ0v) is 23.6. The van der Waals surface area contributed by atoms with Gasteiger partial charge in [0.1, 0.15) is 18.4 Å². The molecule has 39 heavy (non-hydrogen) atoms. The molecule has 3 aromatic rings. The van der Waals surface area contributed by atoms with Gasteiger partial charge >= 0.3 is 0 Å². The molecule has 7 nitrogen and oxygen atoms in total. The minimum absolute atomic E-state index is 0.00529. The predicted molar refractivity (Wildman–Crippen MR) is 151 cm³/mol. The SMILES string of the molecule is CCCNC(=O)[C@@H](C)N(Cc1ccc(F)cc1)C(=O)CN(c1ccc(C(C)C)cc1)S(=O)(=O)c1ccccc1. The van der Waals surface area contributed by atoms with E-state index in [1.807, 2.05) is 32.9 Å². The molecule has 0 aromatic heterocycles. The zero-order chi connectivity index (χ0) is 28.6. The third kappa shape index (κ3) is 7.66. The van der Waals surface area contributed by atoms with Gasteiger partial charge in [-0.1, -0.05) is 63.2 Å². The molecule has 2 amide bonds. The van der Waals surface area contributed by atoms with Crippen LogP contribution in [0.1, 0.15) is 51.2 Å². The van der Waals surface area contributed by atoms with Crippen molar-refractivity contribution in [3.8, 4) is 0 Å². The molecule has 3 aromatic carbocycles. The highest BCUT2D eigenvalue weighted by Gasteiger charge is 2.32. The molecule has 0 heterocycles. The standard InChI is InChI=1S/C30H36FN3O4S/c1-5-19-32-30(36)23(4)33(20-24-11-15-26(31)16-12-24)29(35)21-34(27-17-13-25(14-18-27)22(2)3)39(37,38)28-9-7-6-8-10-28/h6-18,22-23H,5,19-21H2,1-4H3,(H,32,36)/t23-/m1/s1. The number of hydrogen-bond acceptors (Lipinski definition) is 4. The quantitative estimate of drug-likeness (QED) is 0.339. The lowest BCUT2D eigenvalue weighted by Gasteiger charge is -2.32. The predicted octanol–water partition coefficient (Wildman–Crippen LogP) is 5.09.